The number of hydrazone groups is 1. The molecule has 0 unspecified atom stereocenters. The Labute approximate surface area is 158 Å². The van der Waals surface area contributed by atoms with E-state index in [1.165, 1.54) is 0 Å². The van der Waals surface area contributed by atoms with E-state index in [0.717, 1.165) is 35.6 Å². The number of benzene rings is 2. The average molecular weight is 385 g/mol. The lowest BCUT2D eigenvalue weighted by atomic mass is 10.1. The Morgan fingerprint density at radius 1 is 1.08 bits per heavy atom. The van der Waals surface area contributed by atoms with Gasteiger partial charge < -0.3 is 5.32 Å². The van der Waals surface area contributed by atoms with Gasteiger partial charge in [-0.2, -0.15) is 5.10 Å². The fraction of sp³-hybridized carbons (Fsp3) is 0.278. The normalized spacial score (nSPS) is 11.5. The Morgan fingerprint density at radius 3 is 2.42 bits per heavy atom. The first-order chi connectivity index (χ1) is 11.5. The molecule has 0 fully saturated rings. The standard InChI is InChI=1S/C18H20Cl3N3/c1-4-9-24(18-11-14(20)5-7-16(18)21)23-12(2)15-10-13(19)6-8-17(15)22-3/h5-8,10-11,22H,4,9H2,1-3H3/b23-12+. The molecule has 0 radical (unpaired) electrons. The molecule has 0 amide bonds. The third-order valence-corrected chi connectivity index (χ3v) is 4.32. The smallest absolute Gasteiger partial charge is 0.0795 e. The number of halogens is 3. The Kier molecular flexibility index (Phi) is 6.79. The summed E-state index contributed by atoms with van der Waals surface area (Å²) in [6, 6.07) is 11.1. The van der Waals surface area contributed by atoms with Crippen LogP contribution in [0.25, 0.3) is 0 Å². The second kappa shape index (κ2) is 8.61. The van der Waals surface area contributed by atoms with Gasteiger partial charge in [0, 0.05) is 34.9 Å². The molecule has 0 aromatic heterocycles. The van der Waals surface area contributed by atoms with E-state index in [9.17, 15) is 0 Å². The van der Waals surface area contributed by atoms with Gasteiger partial charge in [-0.15, -0.1) is 0 Å². The zero-order chi connectivity index (χ0) is 17.7. The first-order valence-corrected chi connectivity index (χ1v) is 8.85. The molecule has 0 spiro atoms. The highest BCUT2D eigenvalue weighted by Gasteiger charge is 2.12. The Hall–Kier alpha value is -1.42. The predicted octanol–water partition coefficient (Wildman–Crippen LogP) is 6.33. The number of anilines is 2. The molecule has 0 aliphatic heterocycles. The van der Waals surface area contributed by atoms with Gasteiger partial charge in [-0.05, 0) is 49.7 Å². The highest BCUT2D eigenvalue weighted by atomic mass is 35.5. The van der Waals surface area contributed by atoms with E-state index in [1.54, 1.807) is 12.1 Å². The second-order valence-corrected chi connectivity index (χ2v) is 6.62. The summed E-state index contributed by atoms with van der Waals surface area (Å²) in [5, 5.41) is 11.7. The number of nitrogens with one attached hydrogen (secondary N) is 1. The minimum absolute atomic E-state index is 0.615. The molecule has 2 aromatic rings. The van der Waals surface area contributed by atoms with E-state index >= 15 is 0 Å². The molecule has 0 saturated carbocycles. The van der Waals surface area contributed by atoms with Gasteiger partial charge in [0.25, 0.3) is 0 Å². The maximum absolute atomic E-state index is 6.34. The van der Waals surface area contributed by atoms with Crippen LogP contribution in [0.15, 0.2) is 41.5 Å². The molecular formula is C18H20Cl3N3. The highest BCUT2D eigenvalue weighted by Crippen LogP contribution is 2.30. The number of hydrogen-bond donors (Lipinski definition) is 1. The van der Waals surface area contributed by atoms with Crippen molar-refractivity contribution >= 4 is 51.9 Å². The summed E-state index contributed by atoms with van der Waals surface area (Å²) < 4.78 is 0. The monoisotopic (exact) mass is 383 g/mol. The highest BCUT2D eigenvalue weighted by molar-refractivity contribution is 6.35. The minimum atomic E-state index is 0.615. The maximum Gasteiger partial charge on any atom is 0.0795 e. The summed E-state index contributed by atoms with van der Waals surface area (Å²) in [5.74, 6) is 0. The summed E-state index contributed by atoms with van der Waals surface area (Å²) >= 11 is 18.6. The first kappa shape index (κ1) is 18.9. The largest absolute Gasteiger partial charge is 0.388 e. The second-order valence-electron chi connectivity index (χ2n) is 5.34. The lowest BCUT2D eigenvalue weighted by Gasteiger charge is -2.22. The Morgan fingerprint density at radius 2 is 1.75 bits per heavy atom. The van der Waals surface area contributed by atoms with Crippen molar-refractivity contribution in [3.8, 4) is 0 Å². The Balaban J connectivity index is 2.47. The van der Waals surface area contributed by atoms with E-state index in [1.807, 2.05) is 43.2 Å². The quantitative estimate of drug-likeness (QED) is 0.465. The topological polar surface area (TPSA) is 27.6 Å². The van der Waals surface area contributed by atoms with Gasteiger partial charge in [-0.3, -0.25) is 5.01 Å². The van der Waals surface area contributed by atoms with Crippen molar-refractivity contribution in [2.24, 2.45) is 5.10 Å². The van der Waals surface area contributed by atoms with Crippen LogP contribution >= 0.6 is 34.8 Å². The van der Waals surface area contributed by atoms with Crippen LogP contribution in [-0.2, 0) is 0 Å². The van der Waals surface area contributed by atoms with Crippen molar-refractivity contribution < 1.29 is 0 Å². The predicted molar refractivity (Wildman–Crippen MR) is 107 cm³/mol. The van der Waals surface area contributed by atoms with E-state index in [2.05, 4.69) is 12.2 Å². The summed E-state index contributed by atoms with van der Waals surface area (Å²) in [6.45, 7) is 4.77. The van der Waals surface area contributed by atoms with Crippen LogP contribution in [0.1, 0.15) is 25.8 Å². The van der Waals surface area contributed by atoms with E-state index in [0.29, 0.717) is 15.1 Å². The third kappa shape index (κ3) is 4.56. The van der Waals surface area contributed by atoms with Crippen LogP contribution in [0.2, 0.25) is 15.1 Å². The van der Waals surface area contributed by atoms with Gasteiger partial charge in [-0.25, -0.2) is 0 Å². The average Bonchev–Trinajstić information content (AvgIpc) is 2.56. The maximum atomic E-state index is 6.34. The van der Waals surface area contributed by atoms with E-state index in [-0.39, 0.29) is 0 Å². The number of rotatable bonds is 6. The molecular weight excluding hydrogens is 365 g/mol. The van der Waals surface area contributed by atoms with Gasteiger partial charge in [0.05, 0.1) is 16.4 Å². The van der Waals surface area contributed by atoms with Gasteiger partial charge >= 0.3 is 0 Å². The van der Waals surface area contributed by atoms with Crippen molar-refractivity contribution in [1.82, 2.24) is 0 Å². The summed E-state index contributed by atoms with van der Waals surface area (Å²) in [6.07, 6.45) is 0.925. The molecule has 1 N–H and O–H groups in total. The first-order valence-electron chi connectivity index (χ1n) is 7.71. The molecule has 0 atom stereocenters. The number of hydrogen-bond acceptors (Lipinski definition) is 3. The van der Waals surface area contributed by atoms with Crippen LogP contribution in [0.3, 0.4) is 0 Å². The summed E-state index contributed by atoms with van der Waals surface area (Å²) in [5.41, 5.74) is 3.54. The molecule has 3 nitrogen and oxygen atoms in total. The summed E-state index contributed by atoms with van der Waals surface area (Å²) in [4.78, 5) is 0. The molecule has 128 valence electrons. The van der Waals surface area contributed by atoms with E-state index in [4.69, 9.17) is 39.9 Å². The summed E-state index contributed by atoms with van der Waals surface area (Å²) in [7, 11) is 1.87. The molecule has 6 heteroatoms. The van der Waals surface area contributed by atoms with Crippen LogP contribution in [0, 0.1) is 0 Å². The third-order valence-electron chi connectivity index (χ3n) is 3.53. The molecule has 0 saturated heterocycles. The molecule has 24 heavy (non-hydrogen) atoms. The SMILES string of the molecule is CCCN(/N=C(\C)c1cc(Cl)ccc1NC)c1cc(Cl)ccc1Cl. The van der Waals surface area contributed by atoms with Crippen molar-refractivity contribution in [1.29, 1.82) is 0 Å². The van der Waals surface area contributed by atoms with Crippen molar-refractivity contribution in [2.45, 2.75) is 20.3 Å². The van der Waals surface area contributed by atoms with E-state index < -0.39 is 0 Å². The molecule has 2 aromatic carbocycles. The molecule has 0 aliphatic carbocycles. The van der Waals surface area contributed by atoms with Gasteiger partial charge in [0.2, 0.25) is 0 Å². The van der Waals surface area contributed by atoms with Crippen molar-refractivity contribution in [3.63, 3.8) is 0 Å². The van der Waals surface area contributed by atoms with Crippen LogP contribution in [0.4, 0.5) is 11.4 Å². The van der Waals surface area contributed by atoms with Crippen LogP contribution in [0.5, 0.6) is 0 Å². The minimum Gasteiger partial charge on any atom is -0.388 e. The number of nitrogens with zero attached hydrogens (tertiary/aromatic N) is 2. The molecule has 0 aliphatic rings. The molecule has 0 heterocycles. The zero-order valence-corrected chi connectivity index (χ0v) is 16.2. The molecule has 0 bridgehead atoms. The van der Waals surface area contributed by atoms with Gasteiger partial charge in [0.1, 0.15) is 0 Å². The Bertz CT molecular complexity index is 744. The van der Waals surface area contributed by atoms with Crippen molar-refractivity contribution in [2.75, 3.05) is 23.9 Å². The fourth-order valence-electron chi connectivity index (χ4n) is 2.39. The lowest BCUT2D eigenvalue weighted by molar-refractivity contribution is 0.806. The zero-order valence-electron chi connectivity index (χ0n) is 13.9. The van der Waals surface area contributed by atoms with Crippen LogP contribution in [-0.4, -0.2) is 19.3 Å². The van der Waals surface area contributed by atoms with Crippen LogP contribution < -0.4 is 10.3 Å². The van der Waals surface area contributed by atoms with Crippen molar-refractivity contribution in [3.05, 3.63) is 57.0 Å². The molecule has 2 rings (SSSR count). The fourth-order valence-corrected chi connectivity index (χ4v) is 2.94. The van der Waals surface area contributed by atoms with Gasteiger partial charge in [0.15, 0.2) is 0 Å². The lowest BCUT2D eigenvalue weighted by Crippen LogP contribution is -2.20. The van der Waals surface area contributed by atoms with Gasteiger partial charge in [-0.1, -0.05) is 41.7 Å².